The maximum atomic E-state index is 10.6. The number of nitrogens with zero attached hydrogens (tertiary/aromatic N) is 4. The molecule has 2 heterocycles. The molecule has 0 spiro atoms. The number of hydrogen-bond acceptors (Lipinski definition) is 6. The van der Waals surface area contributed by atoms with E-state index in [1.807, 2.05) is 23.1 Å². The second-order valence-corrected chi connectivity index (χ2v) is 4.65. The zero-order chi connectivity index (χ0) is 14.1. The molecule has 1 aliphatic heterocycles. The van der Waals surface area contributed by atoms with E-state index in [0.717, 1.165) is 24.2 Å². The maximum Gasteiger partial charge on any atom is 0.305 e. The first kappa shape index (κ1) is 12.3. The summed E-state index contributed by atoms with van der Waals surface area (Å²) in [6, 6.07) is 5.86. The predicted molar refractivity (Wildman–Crippen MR) is 74.3 cm³/mol. The maximum absolute atomic E-state index is 10.6. The van der Waals surface area contributed by atoms with E-state index in [4.69, 9.17) is 5.73 Å². The summed E-state index contributed by atoms with van der Waals surface area (Å²) in [6.45, 7) is 1.41. The molecule has 20 heavy (non-hydrogen) atoms. The van der Waals surface area contributed by atoms with E-state index >= 15 is 0 Å². The quantitative estimate of drug-likeness (QED) is 0.505. The van der Waals surface area contributed by atoms with Gasteiger partial charge in [-0.3, -0.25) is 10.1 Å². The summed E-state index contributed by atoms with van der Waals surface area (Å²) in [6.07, 6.45) is 3.29. The highest BCUT2D eigenvalue weighted by Gasteiger charge is 2.20. The number of aromatic nitrogens is 2. The van der Waals surface area contributed by atoms with Crippen molar-refractivity contribution < 1.29 is 4.92 Å². The Morgan fingerprint density at radius 2 is 2.05 bits per heavy atom. The lowest BCUT2D eigenvalue weighted by Crippen LogP contribution is -2.32. The molecule has 1 aromatic heterocycles. The van der Waals surface area contributed by atoms with E-state index < -0.39 is 4.92 Å². The summed E-state index contributed by atoms with van der Waals surface area (Å²) in [5.74, 6) is 0.503. The number of benzene rings is 1. The second kappa shape index (κ2) is 4.76. The minimum atomic E-state index is -0.504. The predicted octanol–water partition coefficient (Wildman–Crippen LogP) is 1.53. The topological polar surface area (TPSA) is 98.2 Å². The standard InChI is InChI=1S/C13H13N5O2/c14-12-3-1-2-9-8-17(5-4-11(9)12)13-15-6-10(7-16-13)18(19)20/h1-3,6-7H,4-5,8,14H2. The average molecular weight is 271 g/mol. The van der Waals surface area contributed by atoms with E-state index in [2.05, 4.69) is 9.97 Å². The Hall–Kier alpha value is -2.70. The van der Waals surface area contributed by atoms with Crippen LogP contribution in [0, 0.1) is 10.1 Å². The van der Waals surface area contributed by atoms with Gasteiger partial charge in [0.25, 0.3) is 0 Å². The van der Waals surface area contributed by atoms with Crippen molar-refractivity contribution in [3.05, 3.63) is 51.8 Å². The van der Waals surface area contributed by atoms with Crippen LogP contribution in [0.4, 0.5) is 17.3 Å². The highest BCUT2D eigenvalue weighted by molar-refractivity contribution is 5.54. The van der Waals surface area contributed by atoms with Crippen molar-refractivity contribution in [3.8, 4) is 0 Å². The summed E-state index contributed by atoms with van der Waals surface area (Å²) >= 11 is 0. The summed E-state index contributed by atoms with van der Waals surface area (Å²) in [5.41, 5.74) is 8.99. The van der Waals surface area contributed by atoms with Crippen LogP contribution < -0.4 is 10.6 Å². The number of nitro groups is 1. The van der Waals surface area contributed by atoms with Crippen molar-refractivity contribution in [3.63, 3.8) is 0 Å². The number of nitrogen functional groups attached to an aromatic ring is 1. The van der Waals surface area contributed by atoms with Crippen molar-refractivity contribution in [2.45, 2.75) is 13.0 Å². The Bertz CT molecular complexity index is 656. The van der Waals surface area contributed by atoms with Gasteiger partial charge in [-0.2, -0.15) is 0 Å². The molecule has 0 unspecified atom stereocenters. The monoisotopic (exact) mass is 271 g/mol. The molecule has 0 saturated heterocycles. The Kier molecular flexibility index (Phi) is 2.94. The van der Waals surface area contributed by atoms with Crippen molar-refractivity contribution in [2.75, 3.05) is 17.2 Å². The summed E-state index contributed by atoms with van der Waals surface area (Å²) in [4.78, 5) is 20.2. The van der Waals surface area contributed by atoms with E-state index in [1.165, 1.54) is 18.0 Å². The first-order valence-electron chi connectivity index (χ1n) is 6.23. The minimum Gasteiger partial charge on any atom is -0.398 e. The number of fused-ring (bicyclic) bond motifs is 1. The van der Waals surface area contributed by atoms with Crippen molar-refractivity contribution in [1.82, 2.24) is 9.97 Å². The van der Waals surface area contributed by atoms with E-state index in [9.17, 15) is 10.1 Å². The molecule has 1 aliphatic rings. The van der Waals surface area contributed by atoms with Crippen LogP contribution in [0.25, 0.3) is 0 Å². The molecule has 0 amide bonds. The van der Waals surface area contributed by atoms with Crippen molar-refractivity contribution in [1.29, 1.82) is 0 Å². The van der Waals surface area contributed by atoms with Gasteiger partial charge in [0, 0.05) is 18.8 Å². The van der Waals surface area contributed by atoms with Crippen LogP contribution in [0.1, 0.15) is 11.1 Å². The molecular weight excluding hydrogens is 258 g/mol. The molecule has 2 aromatic rings. The normalized spacial score (nSPS) is 13.9. The number of anilines is 2. The van der Waals surface area contributed by atoms with Crippen LogP contribution in [0.15, 0.2) is 30.6 Å². The van der Waals surface area contributed by atoms with Gasteiger partial charge in [-0.1, -0.05) is 12.1 Å². The molecule has 1 aromatic carbocycles. The fourth-order valence-electron chi connectivity index (χ4n) is 2.38. The number of hydrogen-bond donors (Lipinski definition) is 1. The molecule has 7 heteroatoms. The molecule has 3 rings (SSSR count). The molecule has 0 bridgehead atoms. The molecule has 0 radical (unpaired) electrons. The van der Waals surface area contributed by atoms with Gasteiger partial charge in [0.1, 0.15) is 12.4 Å². The van der Waals surface area contributed by atoms with Gasteiger partial charge in [-0.15, -0.1) is 0 Å². The summed E-state index contributed by atoms with van der Waals surface area (Å²) < 4.78 is 0. The molecule has 0 saturated carbocycles. The second-order valence-electron chi connectivity index (χ2n) is 4.65. The number of rotatable bonds is 2. The Morgan fingerprint density at radius 1 is 1.30 bits per heavy atom. The highest BCUT2D eigenvalue weighted by Crippen LogP contribution is 2.26. The molecule has 102 valence electrons. The van der Waals surface area contributed by atoms with Gasteiger partial charge in [0.15, 0.2) is 0 Å². The van der Waals surface area contributed by atoms with E-state index in [-0.39, 0.29) is 5.69 Å². The lowest BCUT2D eigenvalue weighted by Gasteiger charge is -2.29. The summed E-state index contributed by atoms with van der Waals surface area (Å²) in [7, 11) is 0. The largest absolute Gasteiger partial charge is 0.398 e. The zero-order valence-electron chi connectivity index (χ0n) is 10.7. The zero-order valence-corrected chi connectivity index (χ0v) is 10.7. The number of nitrogens with two attached hydrogens (primary N) is 1. The van der Waals surface area contributed by atoms with Crippen molar-refractivity contribution >= 4 is 17.3 Å². The third kappa shape index (κ3) is 2.13. The lowest BCUT2D eigenvalue weighted by molar-refractivity contribution is -0.385. The minimum absolute atomic E-state index is 0.101. The Morgan fingerprint density at radius 3 is 2.75 bits per heavy atom. The fraction of sp³-hybridized carbons (Fsp3) is 0.231. The Balaban J connectivity index is 1.85. The Labute approximate surface area is 115 Å². The van der Waals surface area contributed by atoms with Gasteiger partial charge in [0.05, 0.1) is 4.92 Å². The van der Waals surface area contributed by atoms with Gasteiger partial charge in [-0.25, -0.2) is 9.97 Å². The summed E-state index contributed by atoms with van der Waals surface area (Å²) in [5, 5.41) is 10.6. The van der Waals surface area contributed by atoms with Crippen LogP contribution in [0.2, 0.25) is 0 Å². The molecular formula is C13H13N5O2. The third-order valence-electron chi connectivity index (χ3n) is 3.42. The molecule has 0 fully saturated rings. The lowest BCUT2D eigenvalue weighted by atomic mass is 9.98. The molecule has 0 atom stereocenters. The van der Waals surface area contributed by atoms with Crippen LogP contribution in [-0.4, -0.2) is 21.4 Å². The van der Waals surface area contributed by atoms with Gasteiger partial charge in [-0.05, 0) is 23.6 Å². The van der Waals surface area contributed by atoms with Crippen LogP contribution in [0.3, 0.4) is 0 Å². The first-order chi connectivity index (χ1) is 9.65. The first-order valence-corrected chi connectivity index (χ1v) is 6.23. The van der Waals surface area contributed by atoms with Gasteiger partial charge < -0.3 is 10.6 Å². The van der Waals surface area contributed by atoms with Gasteiger partial charge >= 0.3 is 5.69 Å². The highest BCUT2D eigenvalue weighted by atomic mass is 16.6. The van der Waals surface area contributed by atoms with Crippen molar-refractivity contribution in [2.24, 2.45) is 0 Å². The fourth-order valence-corrected chi connectivity index (χ4v) is 2.38. The smallest absolute Gasteiger partial charge is 0.305 e. The van der Waals surface area contributed by atoms with Gasteiger partial charge in [0.2, 0.25) is 5.95 Å². The van der Waals surface area contributed by atoms with Crippen LogP contribution in [-0.2, 0) is 13.0 Å². The third-order valence-corrected chi connectivity index (χ3v) is 3.42. The van der Waals surface area contributed by atoms with Crippen LogP contribution >= 0.6 is 0 Å². The SMILES string of the molecule is Nc1cccc2c1CCN(c1ncc([N+](=O)[O-])cn1)C2. The molecule has 2 N–H and O–H groups in total. The van der Waals surface area contributed by atoms with E-state index in [1.54, 1.807) is 0 Å². The van der Waals surface area contributed by atoms with E-state index in [0.29, 0.717) is 12.5 Å². The molecule has 7 nitrogen and oxygen atoms in total. The molecule has 0 aliphatic carbocycles. The average Bonchev–Trinajstić information content (AvgIpc) is 2.47. The van der Waals surface area contributed by atoms with Crippen LogP contribution in [0.5, 0.6) is 0 Å².